The minimum Gasteiger partial charge on any atom is -0.507 e. The fourth-order valence-corrected chi connectivity index (χ4v) is 3.62. The van der Waals surface area contributed by atoms with Crippen molar-refractivity contribution in [1.82, 2.24) is 5.43 Å². The summed E-state index contributed by atoms with van der Waals surface area (Å²) in [7, 11) is 0. The standard InChI is InChI=1S/C23H28BrClN2O3/c1-22(2,3)16-9-14(10-17(21(16)29)23(4,5)6)12-26-27-20(28)13-30-19-8-7-15(25)11-18(19)24/h7-12,29H,13H2,1-6H3,(H,27,28)/b26-12-. The van der Waals surface area contributed by atoms with Crippen LogP contribution in [0.5, 0.6) is 11.5 Å². The van der Waals surface area contributed by atoms with Crippen LogP contribution in [0.1, 0.15) is 58.2 Å². The molecule has 0 radical (unpaired) electrons. The summed E-state index contributed by atoms with van der Waals surface area (Å²) in [5, 5.41) is 15.4. The zero-order valence-electron chi connectivity index (χ0n) is 18.1. The average molecular weight is 496 g/mol. The van der Waals surface area contributed by atoms with Crippen LogP contribution in [0, 0.1) is 0 Å². The van der Waals surface area contributed by atoms with E-state index in [-0.39, 0.29) is 23.3 Å². The molecule has 0 atom stereocenters. The summed E-state index contributed by atoms with van der Waals surface area (Å²) in [6, 6.07) is 8.84. The number of phenols is 1. The number of hydrogen-bond donors (Lipinski definition) is 2. The molecule has 2 aromatic rings. The van der Waals surface area contributed by atoms with Crippen molar-refractivity contribution >= 4 is 39.7 Å². The van der Waals surface area contributed by atoms with Gasteiger partial charge in [0.15, 0.2) is 6.61 Å². The highest BCUT2D eigenvalue weighted by Gasteiger charge is 2.26. The third-order valence-electron chi connectivity index (χ3n) is 4.40. The maximum Gasteiger partial charge on any atom is 0.277 e. The fourth-order valence-electron chi connectivity index (χ4n) is 2.82. The van der Waals surface area contributed by atoms with Gasteiger partial charge < -0.3 is 9.84 Å². The summed E-state index contributed by atoms with van der Waals surface area (Å²) in [5.41, 5.74) is 4.45. The van der Waals surface area contributed by atoms with Gasteiger partial charge in [0.2, 0.25) is 0 Å². The second-order valence-corrected chi connectivity index (χ2v) is 10.4. The number of carbonyl (C=O) groups is 1. The Balaban J connectivity index is 2.12. The van der Waals surface area contributed by atoms with E-state index in [1.54, 1.807) is 24.4 Å². The third-order valence-corrected chi connectivity index (χ3v) is 5.26. The van der Waals surface area contributed by atoms with E-state index in [4.69, 9.17) is 16.3 Å². The van der Waals surface area contributed by atoms with Gasteiger partial charge in [-0.15, -0.1) is 0 Å². The number of hydrazone groups is 1. The van der Waals surface area contributed by atoms with E-state index in [9.17, 15) is 9.90 Å². The molecule has 0 fully saturated rings. The van der Waals surface area contributed by atoms with Crippen LogP contribution in [-0.4, -0.2) is 23.8 Å². The molecule has 0 aliphatic rings. The minimum atomic E-state index is -0.390. The van der Waals surface area contributed by atoms with Crippen LogP contribution in [0.25, 0.3) is 0 Å². The molecule has 0 heterocycles. The molecule has 0 saturated carbocycles. The molecule has 2 rings (SSSR count). The molecule has 0 aliphatic heterocycles. The van der Waals surface area contributed by atoms with Gasteiger partial charge in [0.25, 0.3) is 5.91 Å². The van der Waals surface area contributed by atoms with E-state index in [0.717, 1.165) is 16.7 Å². The first-order valence-corrected chi connectivity index (χ1v) is 10.7. The quantitative estimate of drug-likeness (QED) is 0.399. The van der Waals surface area contributed by atoms with Crippen LogP contribution < -0.4 is 10.2 Å². The molecule has 0 saturated heterocycles. The maximum absolute atomic E-state index is 12.1. The Kier molecular flexibility index (Phi) is 7.59. The highest BCUT2D eigenvalue weighted by Crippen LogP contribution is 2.39. The van der Waals surface area contributed by atoms with Crippen LogP contribution in [0.4, 0.5) is 0 Å². The predicted molar refractivity (Wildman–Crippen MR) is 126 cm³/mol. The Hall–Kier alpha value is -2.05. The lowest BCUT2D eigenvalue weighted by molar-refractivity contribution is -0.123. The second kappa shape index (κ2) is 9.40. The van der Waals surface area contributed by atoms with Crippen LogP contribution in [-0.2, 0) is 15.6 Å². The molecule has 0 unspecified atom stereocenters. The molecule has 5 nitrogen and oxygen atoms in total. The van der Waals surface area contributed by atoms with E-state index in [1.165, 1.54) is 0 Å². The molecular formula is C23H28BrClN2O3. The summed E-state index contributed by atoms with van der Waals surface area (Å²) < 4.78 is 6.14. The Morgan fingerprint density at radius 1 is 1.13 bits per heavy atom. The largest absolute Gasteiger partial charge is 0.507 e. The third kappa shape index (κ3) is 6.47. The van der Waals surface area contributed by atoms with E-state index in [2.05, 4.69) is 26.5 Å². The van der Waals surface area contributed by atoms with Gasteiger partial charge in [-0.05, 0) is 62.7 Å². The molecule has 0 spiro atoms. The summed E-state index contributed by atoms with van der Waals surface area (Å²) in [6.07, 6.45) is 1.57. The Morgan fingerprint density at radius 2 is 1.70 bits per heavy atom. The maximum atomic E-state index is 12.1. The first-order chi connectivity index (χ1) is 13.8. The van der Waals surface area contributed by atoms with Crippen molar-refractivity contribution in [2.75, 3.05) is 6.61 Å². The van der Waals surface area contributed by atoms with Gasteiger partial charge in [-0.2, -0.15) is 5.10 Å². The monoisotopic (exact) mass is 494 g/mol. The Bertz CT molecular complexity index is 925. The average Bonchev–Trinajstić information content (AvgIpc) is 2.60. The van der Waals surface area contributed by atoms with Gasteiger partial charge in [0, 0.05) is 16.1 Å². The number of amides is 1. The van der Waals surface area contributed by atoms with Crippen molar-refractivity contribution in [2.45, 2.75) is 52.4 Å². The summed E-state index contributed by atoms with van der Waals surface area (Å²) in [4.78, 5) is 12.1. The number of nitrogens with zero attached hydrogens (tertiary/aromatic N) is 1. The first-order valence-electron chi connectivity index (χ1n) is 9.57. The Labute approximate surface area is 191 Å². The molecular weight excluding hydrogens is 468 g/mol. The van der Waals surface area contributed by atoms with Crippen LogP contribution in [0.15, 0.2) is 39.9 Å². The number of aromatic hydroxyl groups is 1. The van der Waals surface area contributed by atoms with Crippen molar-refractivity contribution in [3.05, 3.63) is 56.5 Å². The van der Waals surface area contributed by atoms with E-state index in [1.807, 2.05) is 53.7 Å². The van der Waals surface area contributed by atoms with Gasteiger partial charge in [-0.3, -0.25) is 4.79 Å². The Morgan fingerprint density at radius 3 is 2.20 bits per heavy atom. The smallest absolute Gasteiger partial charge is 0.277 e. The molecule has 0 bridgehead atoms. The highest BCUT2D eigenvalue weighted by atomic mass is 79.9. The highest BCUT2D eigenvalue weighted by molar-refractivity contribution is 9.10. The molecule has 0 aromatic heterocycles. The summed E-state index contributed by atoms with van der Waals surface area (Å²) in [6.45, 7) is 12.1. The van der Waals surface area contributed by atoms with Gasteiger partial charge in [-0.1, -0.05) is 53.1 Å². The SMILES string of the molecule is CC(C)(C)c1cc(/C=N\NC(=O)COc2ccc(Cl)cc2Br)cc(C(C)(C)C)c1O. The lowest BCUT2D eigenvalue weighted by Crippen LogP contribution is -2.24. The van der Waals surface area contributed by atoms with Crippen molar-refractivity contribution < 1.29 is 14.6 Å². The summed E-state index contributed by atoms with van der Waals surface area (Å²) in [5.74, 6) is 0.429. The minimum absolute atomic E-state index is 0.187. The van der Waals surface area contributed by atoms with Gasteiger partial charge in [0.1, 0.15) is 11.5 Å². The van der Waals surface area contributed by atoms with Crippen molar-refractivity contribution in [1.29, 1.82) is 0 Å². The molecule has 2 N–H and O–H groups in total. The zero-order valence-corrected chi connectivity index (χ0v) is 20.5. The number of rotatable bonds is 5. The van der Waals surface area contributed by atoms with Crippen LogP contribution in [0.2, 0.25) is 5.02 Å². The van der Waals surface area contributed by atoms with E-state index < -0.39 is 0 Å². The number of halogens is 2. The van der Waals surface area contributed by atoms with Crippen molar-refractivity contribution in [3.63, 3.8) is 0 Å². The molecule has 1 amide bonds. The fraction of sp³-hybridized carbons (Fsp3) is 0.391. The summed E-state index contributed by atoms with van der Waals surface area (Å²) >= 11 is 9.24. The van der Waals surface area contributed by atoms with Crippen molar-refractivity contribution in [2.24, 2.45) is 5.10 Å². The normalized spacial score (nSPS) is 12.3. The topological polar surface area (TPSA) is 70.9 Å². The lowest BCUT2D eigenvalue weighted by Gasteiger charge is -2.27. The van der Waals surface area contributed by atoms with Gasteiger partial charge in [-0.25, -0.2) is 5.43 Å². The molecule has 7 heteroatoms. The predicted octanol–water partition coefficient (Wildman–Crippen LogP) is 5.93. The number of phenolic OH excluding ortho intramolecular Hbond substituents is 1. The molecule has 2 aromatic carbocycles. The molecule has 162 valence electrons. The van der Waals surface area contributed by atoms with Gasteiger partial charge in [0.05, 0.1) is 10.7 Å². The first kappa shape index (κ1) is 24.2. The number of benzene rings is 2. The molecule has 30 heavy (non-hydrogen) atoms. The number of carbonyl (C=O) groups excluding carboxylic acids is 1. The molecule has 0 aliphatic carbocycles. The zero-order chi connectivity index (χ0) is 22.7. The number of ether oxygens (including phenoxy) is 1. The number of hydrogen-bond acceptors (Lipinski definition) is 4. The number of nitrogens with one attached hydrogen (secondary N) is 1. The van der Waals surface area contributed by atoms with E-state index >= 15 is 0 Å². The van der Waals surface area contributed by atoms with Gasteiger partial charge >= 0.3 is 0 Å². The van der Waals surface area contributed by atoms with Crippen LogP contribution in [0.3, 0.4) is 0 Å². The lowest BCUT2D eigenvalue weighted by atomic mass is 9.78. The van der Waals surface area contributed by atoms with E-state index in [0.29, 0.717) is 21.0 Å². The second-order valence-electron chi connectivity index (χ2n) is 9.12. The van der Waals surface area contributed by atoms with Crippen LogP contribution >= 0.6 is 27.5 Å². The van der Waals surface area contributed by atoms with Crippen molar-refractivity contribution in [3.8, 4) is 11.5 Å².